The van der Waals surface area contributed by atoms with E-state index in [0.717, 1.165) is 31.2 Å². The van der Waals surface area contributed by atoms with Gasteiger partial charge in [-0.1, -0.05) is 90.1 Å². The van der Waals surface area contributed by atoms with E-state index in [2.05, 4.69) is 20.9 Å². The zero-order chi connectivity index (χ0) is 30.9. The molecule has 8 nitrogen and oxygen atoms in total. The van der Waals surface area contributed by atoms with Crippen LogP contribution >= 0.6 is 34.7 Å². The monoisotopic (exact) mass is 644 g/mol. The normalized spacial score (nSPS) is 11.5. The second-order valence-corrected chi connectivity index (χ2v) is 12.6. The first kappa shape index (κ1) is 31.1. The molecular formula is C33H29ClN4O4S2. The van der Waals surface area contributed by atoms with Crippen LogP contribution in [-0.4, -0.2) is 34.7 Å². The van der Waals surface area contributed by atoms with Gasteiger partial charge in [-0.05, 0) is 53.9 Å². The van der Waals surface area contributed by atoms with Gasteiger partial charge in [0.1, 0.15) is 12.6 Å². The number of aromatic nitrogens is 1. The molecule has 1 atom stereocenters. The molecule has 0 aliphatic rings. The molecule has 0 radical (unpaired) electrons. The molecule has 4 aromatic carbocycles. The minimum absolute atomic E-state index is 0.0939. The fraction of sp³-hybridized carbons (Fsp3) is 0.152. The van der Waals surface area contributed by atoms with Crippen molar-refractivity contribution in [1.29, 1.82) is 0 Å². The lowest BCUT2D eigenvalue weighted by atomic mass is 10.1. The Morgan fingerprint density at radius 3 is 2.39 bits per heavy atom. The van der Waals surface area contributed by atoms with Gasteiger partial charge < -0.3 is 20.7 Å². The number of carbonyl (C=O) groups excluding carboxylic acids is 3. The molecule has 1 heterocycles. The summed E-state index contributed by atoms with van der Waals surface area (Å²) in [5.74, 6) is -0.355. The number of anilines is 2. The summed E-state index contributed by atoms with van der Waals surface area (Å²) in [6.07, 6.45) is -0.396. The minimum Gasteiger partial charge on any atom is -0.445 e. The van der Waals surface area contributed by atoms with Gasteiger partial charge in [0.25, 0.3) is 0 Å². The van der Waals surface area contributed by atoms with Gasteiger partial charge in [0.05, 0.1) is 16.0 Å². The lowest BCUT2D eigenvalue weighted by Gasteiger charge is -2.18. The van der Waals surface area contributed by atoms with Gasteiger partial charge in [0.15, 0.2) is 4.34 Å². The second kappa shape index (κ2) is 14.9. The number of hydrogen-bond donors (Lipinski definition) is 3. The minimum atomic E-state index is -0.870. The Morgan fingerprint density at radius 1 is 0.909 bits per heavy atom. The Bertz CT molecular complexity index is 1770. The molecule has 1 unspecified atom stereocenters. The molecule has 3 N–H and O–H groups in total. The van der Waals surface area contributed by atoms with Crippen LogP contribution in [0.1, 0.15) is 16.7 Å². The fourth-order valence-electron chi connectivity index (χ4n) is 4.28. The van der Waals surface area contributed by atoms with Crippen LogP contribution in [0.25, 0.3) is 10.2 Å². The highest BCUT2D eigenvalue weighted by Gasteiger charge is 2.23. The van der Waals surface area contributed by atoms with Crippen LogP contribution in [0.5, 0.6) is 0 Å². The zero-order valence-corrected chi connectivity index (χ0v) is 26.1. The van der Waals surface area contributed by atoms with Gasteiger partial charge in [-0.3, -0.25) is 9.59 Å². The molecule has 0 bridgehead atoms. The third-order valence-electron chi connectivity index (χ3n) is 6.54. The van der Waals surface area contributed by atoms with Crippen molar-refractivity contribution in [1.82, 2.24) is 10.3 Å². The first-order chi connectivity index (χ1) is 21.3. The summed E-state index contributed by atoms with van der Waals surface area (Å²) in [6.45, 7) is 2.00. The van der Waals surface area contributed by atoms with E-state index in [1.54, 1.807) is 18.2 Å². The summed E-state index contributed by atoms with van der Waals surface area (Å²) in [4.78, 5) is 43.2. The van der Waals surface area contributed by atoms with E-state index in [9.17, 15) is 14.4 Å². The first-order valence-electron chi connectivity index (χ1n) is 13.7. The summed E-state index contributed by atoms with van der Waals surface area (Å²) in [5.41, 5.74) is 4.66. The molecule has 0 spiro atoms. The number of aryl methyl sites for hydroxylation is 1. The highest BCUT2D eigenvalue weighted by atomic mass is 35.5. The molecule has 11 heteroatoms. The smallest absolute Gasteiger partial charge is 0.408 e. The quantitative estimate of drug-likeness (QED) is 0.129. The maximum absolute atomic E-state index is 13.4. The van der Waals surface area contributed by atoms with E-state index >= 15 is 0 Å². The Hall–Kier alpha value is -4.38. The van der Waals surface area contributed by atoms with Crippen molar-refractivity contribution >= 4 is 74.2 Å². The molecule has 0 saturated carbocycles. The Labute approximate surface area is 268 Å². The summed E-state index contributed by atoms with van der Waals surface area (Å²) in [5, 5.41) is 9.08. The van der Waals surface area contributed by atoms with E-state index in [4.69, 9.17) is 16.3 Å². The van der Waals surface area contributed by atoms with Gasteiger partial charge in [0, 0.05) is 22.8 Å². The van der Waals surface area contributed by atoms with E-state index < -0.39 is 12.1 Å². The van der Waals surface area contributed by atoms with Gasteiger partial charge in [0.2, 0.25) is 11.8 Å². The second-order valence-electron chi connectivity index (χ2n) is 9.90. The molecule has 0 saturated heterocycles. The number of nitrogens with one attached hydrogen (secondary N) is 3. The average molecular weight is 645 g/mol. The molecule has 0 aliphatic heterocycles. The molecule has 1 aromatic heterocycles. The number of nitrogens with zero attached hydrogens (tertiary/aromatic N) is 1. The number of benzene rings is 4. The number of halogens is 1. The molecule has 224 valence electrons. The van der Waals surface area contributed by atoms with Crippen molar-refractivity contribution in [2.24, 2.45) is 0 Å². The van der Waals surface area contributed by atoms with Gasteiger partial charge >= 0.3 is 6.09 Å². The van der Waals surface area contributed by atoms with Crippen molar-refractivity contribution in [3.8, 4) is 0 Å². The molecule has 44 heavy (non-hydrogen) atoms. The van der Waals surface area contributed by atoms with Crippen LogP contribution in [-0.2, 0) is 27.4 Å². The zero-order valence-electron chi connectivity index (χ0n) is 23.7. The summed E-state index contributed by atoms with van der Waals surface area (Å²) >= 11 is 8.82. The SMILES string of the molecule is Cc1ccc(Cl)cc1NC(=O)CSc1nc2ccc(NC(=O)C(Cc3ccccc3)NC(=O)OCc3ccccc3)cc2s1. The van der Waals surface area contributed by atoms with Crippen LogP contribution in [0.3, 0.4) is 0 Å². The van der Waals surface area contributed by atoms with Crippen LogP contribution < -0.4 is 16.0 Å². The van der Waals surface area contributed by atoms with Gasteiger partial charge in [-0.2, -0.15) is 0 Å². The van der Waals surface area contributed by atoms with Crippen LogP contribution in [0.15, 0.2) is 101 Å². The number of thiazole rings is 1. The van der Waals surface area contributed by atoms with Crippen LogP contribution in [0.2, 0.25) is 5.02 Å². The third kappa shape index (κ3) is 8.82. The molecule has 0 aliphatic carbocycles. The first-order valence-corrected chi connectivity index (χ1v) is 15.9. The number of rotatable bonds is 11. The van der Waals surface area contributed by atoms with Gasteiger partial charge in [-0.15, -0.1) is 11.3 Å². The molecule has 5 aromatic rings. The van der Waals surface area contributed by atoms with E-state index in [-0.39, 0.29) is 30.6 Å². The Morgan fingerprint density at radius 2 is 1.64 bits per heavy atom. The van der Waals surface area contributed by atoms with E-state index in [1.807, 2.05) is 85.8 Å². The predicted octanol–water partition coefficient (Wildman–Crippen LogP) is 7.47. The van der Waals surface area contributed by atoms with Crippen molar-refractivity contribution < 1.29 is 19.1 Å². The van der Waals surface area contributed by atoms with Gasteiger partial charge in [-0.25, -0.2) is 9.78 Å². The fourth-order valence-corrected chi connectivity index (χ4v) is 6.36. The number of fused-ring (bicyclic) bond motifs is 1. The van der Waals surface area contributed by atoms with E-state index in [0.29, 0.717) is 16.4 Å². The molecule has 0 fully saturated rings. The summed E-state index contributed by atoms with van der Waals surface area (Å²) in [7, 11) is 0. The van der Waals surface area contributed by atoms with Crippen LogP contribution in [0, 0.1) is 6.92 Å². The lowest BCUT2D eigenvalue weighted by Crippen LogP contribution is -2.45. The number of alkyl carbamates (subject to hydrolysis) is 1. The largest absolute Gasteiger partial charge is 0.445 e. The highest BCUT2D eigenvalue weighted by Crippen LogP contribution is 2.31. The maximum atomic E-state index is 13.4. The number of thioether (sulfide) groups is 1. The predicted molar refractivity (Wildman–Crippen MR) is 177 cm³/mol. The Balaban J connectivity index is 1.21. The molecule has 3 amide bonds. The number of ether oxygens (including phenoxy) is 1. The average Bonchev–Trinajstić information content (AvgIpc) is 3.44. The maximum Gasteiger partial charge on any atom is 0.408 e. The summed E-state index contributed by atoms with van der Waals surface area (Å²) < 4.78 is 6.95. The van der Waals surface area contributed by atoms with E-state index in [1.165, 1.54) is 23.1 Å². The standard InChI is InChI=1S/C33H29ClN4O4S2/c1-21-12-13-24(34)17-27(21)36-30(39)20-43-33-38-26-15-14-25(18-29(26)44-33)35-31(40)28(16-22-8-4-2-5-9-22)37-32(41)42-19-23-10-6-3-7-11-23/h2-15,17-18,28H,16,19-20H2,1H3,(H,35,40)(H,36,39)(H,37,41). The topological polar surface area (TPSA) is 109 Å². The third-order valence-corrected chi connectivity index (χ3v) is 8.94. The van der Waals surface area contributed by atoms with Crippen molar-refractivity contribution in [2.45, 2.75) is 30.3 Å². The number of amides is 3. The van der Waals surface area contributed by atoms with Crippen molar-refractivity contribution in [2.75, 3.05) is 16.4 Å². The number of carbonyl (C=O) groups is 3. The molecule has 5 rings (SSSR count). The highest BCUT2D eigenvalue weighted by molar-refractivity contribution is 8.01. The number of hydrogen-bond acceptors (Lipinski definition) is 7. The van der Waals surface area contributed by atoms with Crippen LogP contribution in [0.4, 0.5) is 16.2 Å². The Kier molecular flexibility index (Phi) is 10.5. The lowest BCUT2D eigenvalue weighted by molar-refractivity contribution is -0.118. The summed E-state index contributed by atoms with van der Waals surface area (Å²) in [6, 6.07) is 28.7. The molecular weight excluding hydrogens is 616 g/mol. The van der Waals surface area contributed by atoms with Crippen molar-refractivity contribution in [3.63, 3.8) is 0 Å². The van der Waals surface area contributed by atoms with Crippen molar-refractivity contribution in [3.05, 3.63) is 119 Å².